The van der Waals surface area contributed by atoms with Gasteiger partial charge in [0, 0.05) is 11.1 Å². The maximum absolute atomic E-state index is 9.34. The Balaban J connectivity index is 2.37. The minimum Gasteiger partial charge on any atom is -0.379 e. The molecule has 2 rings (SSSR count). The lowest BCUT2D eigenvalue weighted by Gasteiger charge is -2.31. The Labute approximate surface area is 98.0 Å². The fourth-order valence-electron chi connectivity index (χ4n) is 1.96. The topological polar surface area (TPSA) is 33.0 Å². The first kappa shape index (κ1) is 10.7. The molecule has 0 aromatic heterocycles. The Morgan fingerprint density at radius 1 is 1.47 bits per heavy atom. The average molecular weight is 266 g/mol. The van der Waals surface area contributed by atoms with Crippen molar-refractivity contribution < 1.29 is 4.74 Å². The van der Waals surface area contributed by atoms with E-state index >= 15 is 0 Å². The van der Waals surface area contributed by atoms with Crippen LogP contribution in [-0.4, -0.2) is 13.2 Å². The van der Waals surface area contributed by atoms with Gasteiger partial charge in [0.1, 0.15) is 5.41 Å². The zero-order valence-electron chi connectivity index (χ0n) is 8.37. The first-order valence-electron chi connectivity index (χ1n) is 5.02. The lowest BCUT2D eigenvalue weighted by Crippen LogP contribution is -2.34. The van der Waals surface area contributed by atoms with Crippen LogP contribution in [-0.2, 0) is 10.2 Å². The summed E-state index contributed by atoms with van der Waals surface area (Å²) in [6.07, 6.45) is 1.85. The van der Waals surface area contributed by atoms with Crippen LogP contribution >= 0.6 is 15.9 Å². The van der Waals surface area contributed by atoms with E-state index < -0.39 is 5.41 Å². The zero-order chi connectivity index (χ0) is 10.7. The highest BCUT2D eigenvalue weighted by atomic mass is 79.9. The van der Waals surface area contributed by atoms with Crippen molar-refractivity contribution >= 4 is 15.9 Å². The van der Waals surface area contributed by atoms with Gasteiger partial charge in [0.2, 0.25) is 0 Å². The van der Waals surface area contributed by atoms with E-state index in [4.69, 9.17) is 4.74 Å². The number of nitrogens with zero attached hydrogens (tertiary/aromatic N) is 1. The van der Waals surface area contributed by atoms with E-state index in [9.17, 15) is 5.26 Å². The molecule has 1 aromatic rings. The molecule has 1 saturated heterocycles. The number of hydrogen-bond donors (Lipinski definition) is 0. The Bertz CT molecular complexity index is 391. The van der Waals surface area contributed by atoms with E-state index in [0.717, 1.165) is 29.5 Å². The molecule has 0 amide bonds. The second kappa shape index (κ2) is 4.34. The third-order valence-electron chi connectivity index (χ3n) is 2.83. The zero-order valence-corrected chi connectivity index (χ0v) is 9.96. The second-order valence-corrected chi connectivity index (χ2v) is 4.78. The van der Waals surface area contributed by atoms with Crippen LogP contribution < -0.4 is 0 Å². The van der Waals surface area contributed by atoms with Crippen molar-refractivity contribution in [3.8, 4) is 6.07 Å². The SMILES string of the molecule is N#CC1(c2cccc(Br)c2)CCCOC1. The molecule has 1 unspecified atom stereocenters. The molecule has 1 atom stereocenters. The fourth-order valence-corrected chi connectivity index (χ4v) is 2.36. The highest BCUT2D eigenvalue weighted by Crippen LogP contribution is 2.33. The molecule has 0 saturated carbocycles. The van der Waals surface area contributed by atoms with E-state index in [1.807, 2.05) is 24.3 Å². The summed E-state index contributed by atoms with van der Waals surface area (Å²) in [4.78, 5) is 0. The van der Waals surface area contributed by atoms with Gasteiger partial charge >= 0.3 is 0 Å². The van der Waals surface area contributed by atoms with Gasteiger partial charge in [-0.15, -0.1) is 0 Å². The van der Waals surface area contributed by atoms with Crippen molar-refractivity contribution in [2.75, 3.05) is 13.2 Å². The molecule has 1 aromatic carbocycles. The van der Waals surface area contributed by atoms with Crippen molar-refractivity contribution in [2.24, 2.45) is 0 Å². The van der Waals surface area contributed by atoms with Crippen LogP contribution in [0.15, 0.2) is 28.7 Å². The Morgan fingerprint density at radius 3 is 2.93 bits per heavy atom. The number of ether oxygens (including phenoxy) is 1. The van der Waals surface area contributed by atoms with Crippen LogP contribution in [0.1, 0.15) is 18.4 Å². The molecule has 78 valence electrons. The molecule has 15 heavy (non-hydrogen) atoms. The number of hydrogen-bond acceptors (Lipinski definition) is 2. The van der Waals surface area contributed by atoms with Crippen molar-refractivity contribution in [3.05, 3.63) is 34.3 Å². The Kier molecular flexibility index (Phi) is 3.08. The second-order valence-electron chi connectivity index (χ2n) is 3.86. The van der Waals surface area contributed by atoms with Gasteiger partial charge in [0.05, 0.1) is 12.7 Å². The highest BCUT2D eigenvalue weighted by molar-refractivity contribution is 9.10. The van der Waals surface area contributed by atoms with Gasteiger partial charge in [-0.3, -0.25) is 0 Å². The van der Waals surface area contributed by atoms with Crippen LogP contribution in [0.4, 0.5) is 0 Å². The van der Waals surface area contributed by atoms with Gasteiger partial charge in [-0.1, -0.05) is 28.1 Å². The van der Waals surface area contributed by atoms with Crippen LogP contribution in [0.25, 0.3) is 0 Å². The van der Waals surface area contributed by atoms with Gasteiger partial charge in [0.25, 0.3) is 0 Å². The average Bonchev–Trinajstić information content (AvgIpc) is 2.30. The van der Waals surface area contributed by atoms with Gasteiger partial charge in [-0.2, -0.15) is 5.26 Å². The third kappa shape index (κ3) is 2.06. The lowest BCUT2D eigenvalue weighted by atomic mass is 9.78. The summed E-state index contributed by atoms with van der Waals surface area (Å²) in [5.41, 5.74) is 0.612. The molecular formula is C12H12BrNO. The summed E-state index contributed by atoms with van der Waals surface area (Å²) in [7, 11) is 0. The standard InChI is InChI=1S/C12H12BrNO/c13-11-4-1-3-10(7-11)12(8-14)5-2-6-15-9-12/h1,3-4,7H,2,5-6,9H2. The van der Waals surface area contributed by atoms with E-state index in [-0.39, 0.29) is 0 Å². The van der Waals surface area contributed by atoms with E-state index in [1.54, 1.807) is 0 Å². The van der Waals surface area contributed by atoms with Gasteiger partial charge in [-0.05, 0) is 30.5 Å². The molecule has 0 bridgehead atoms. The summed E-state index contributed by atoms with van der Waals surface area (Å²) in [6, 6.07) is 10.4. The van der Waals surface area contributed by atoms with E-state index in [1.165, 1.54) is 0 Å². The minimum absolute atomic E-state index is 0.442. The Morgan fingerprint density at radius 2 is 2.33 bits per heavy atom. The summed E-state index contributed by atoms with van der Waals surface area (Å²) < 4.78 is 6.45. The molecule has 1 fully saturated rings. The molecule has 0 spiro atoms. The molecule has 1 heterocycles. The number of benzene rings is 1. The summed E-state index contributed by atoms with van der Waals surface area (Å²) in [6.45, 7) is 1.29. The predicted molar refractivity (Wildman–Crippen MR) is 61.5 cm³/mol. The highest BCUT2D eigenvalue weighted by Gasteiger charge is 2.34. The number of halogens is 1. The van der Waals surface area contributed by atoms with Gasteiger partial charge in [0.15, 0.2) is 0 Å². The monoisotopic (exact) mass is 265 g/mol. The molecule has 1 aliphatic rings. The summed E-state index contributed by atoms with van der Waals surface area (Å²) >= 11 is 3.43. The largest absolute Gasteiger partial charge is 0.379 e. The molecule has 3 heteroatoms. The lowest BCUT2D eigenvalue weighted by molar-refractivity contribution is 0.0563. The van der Waals surface area contributed by atoms with Gasteiger partial charge in [-0.25, -0.2) is 0 Å². The van der Waals surface area contributed by atoms with Gasteiger partial charge < -0.3 is 4.74 Å². The summed E-state index contributed by atoms with van der Waals surface area (Å²) in [5, 5.41) is 9.34. The van der Waals surface area contributed by atoms with Crippen molar-refractivity contribution in [3.63, 3.8) is 0 Å². The first-order chi connectivity index (χ1) is 7.27. The van der Waals surface area contributed by atoms with Crippen LogP contribution in [0.5, 0.6) is 0 Å². The number of rotatable bonds is 1. The minimum atomic E-state index is -0.442. The van der Waals surface area contributed by atoms with Crippen molar-refractivity contribution in [1.29, 1.82) is 5.26 Å². The van der Waals surface area contributed by atoms with E-state index in [2.05, 4.69) is 22.0 Å². The molecule has 1 aliphatic heterocycles. The normalized spacial score (nSPS) is 25.9. The molecule has 0 radical (unpaired) electrons. The Hall–Kier alpha value is -0.850. The molecule has 0 aliphatic carbocycles. The van der Waals surface area contributed by atoms with E-state index in [0.29, 0.717) is 6.61 Å². The van der Waals surface area contributed by atoms with Crippen LogP contribution in [0.3, 0.4) is 0 Å². The fraction of sp³-hybridized carbons (Fsp3) is 0.417. The smallest absolute Gasteiger partial charge is 0.106 e. The van der Waals surface area contributed by atoms with Crippen LogP contribution in [0, 0.1) is 11.3 Å². The van der Waals surface area contributed by atoms with Crippen molar-refractivity contribution in [1.82, 2.24) is 0 Å². The maximum atomic E-state index is 9.34. The molecule has 2 nitrogen and oxygen atoms in total. The first-order valence-corrected chi connectivity index (χ1v) is 5.81. The van der Waals surface area contributed by atoms with Crippen LogP contribution in [0.2, 0.25) is 0 Å². The third-order valence-corrected chi connectivity index (χ3v) is 3.33. The predicted octanol–water partition coefficient (Wildman–Crippen LogP) is 3.02. The maximum Gasteiger partial charge on any atom is 0.106 e. The summed E-state index contributed by atoms with van der Waals surface area (Å²) in [5.74, 6) is 0. The quantitative estimate of drug-likeness (QED) is 0.782. The molecular weight excluding hydrogens is 254 g/mol. The molecule has 0 N–H and O–H groups in total. The van der Waals surface area contributed by atoms with Crippen molar-refractivity contribution in [2.45, 2.75) is 18.3 Å². The number of nitriles is 1.